The van der Waals surface area contributed by atoms with Crippen molar-refractivity contribution in [3.63, 3.8) is 0 Å². The molecule has 266 valence electrons. The number of hydrogen-bond acceptors (Lipinski definition) is 4. The number of para-hydroxylation sites is 3. The minimum absolute atomic E-state index is 0.604. The quantitative estimate of drug-likeness (QED) is 0.177. The molecule has 0 fully saturated rings. The summed E-state index contributed by atoms with van der Waals surface area (Å²) in [4.78, 5) is 15.1. The van der Waals surface area contributed by atoms with Gasteiger partial charge in [-0.15, -0.1) is 0 Å². The molecule has 8 aromatic carbocycles. The van der Waals surface area contributed by atoms with Crippen molar-refractivity contribution in [1.29, 1.82) is 0 Å². The van der Waals surface area contributed by atoms with E-state index in [0.29, 0.717) is 17.5 Å². The lowest BCUT2D eigenvalue weighted by Crippen LogP contribution is -2.01. The van der Waals surface area contributed by atoms with Crippen LogP contribution in [0.1, 0.15) is 0 Å². The molecular weight excluding hydrogens is 699 g/mol. The second kappa shape index (κ2) is 12.3. The maximum Gasteiger partial charge on any atom is 0.164 e. The van der Waals surface area contributed by atoms with E-state index in [9.17, 15) is 0 Å². The summed E-state index contributed by atoms with van der Waals surface area (Å²) in [5, 5.41) is 6.82. The highest BCUT2D eigenvalue weighted by atomic mass is 16.3. The van der Waals surface area contributed by atoms with Gasteiger partial charge in [-0.3, -0.25) is 0 Å². The van der Waals surface area contributed by atoms with Gasteiger partial charge in [-0.1, -0.05) is 133 Å². The lowest BCUT2D eigenvalue weighted by atomic mass is 10.1. The molecule has 0 amide bonds. The summed E-state index contributed by atoms with van der Waals surface area (Å²) in [6.45, 7) is 0. The van der Waals surface area contributed by atoms with Crippen molar-refractivity contribution >= 4 is 65.6 Å². The number of hydrogen-bond donors (Lipinski definition) is 0. The minimum atomic E-state index is 0.604. The molecule has 0 bridgehead atoms. The molecule has 4 heterocycles. The van der Waals surface area contributed by atoms with Gasteiger partial charge in [0.25, 0.3) is 0 Å². The predicted octanol–water partition coefficient (Wildman–Crippen LogP) is 13.0. The van der Waals surface area contributed by atoms with Gasteiger partial charge in [0, 0.05) is 60.4 Å². The molecule has 6 nitrogen and oxygen atoms in total. The van der Waals surface area contributed by atoms with E-state index in [2.05, 4.69) is 124 Å². The molecule has 0 aliphatic heterocycles. The van der Waals surface area contributed by atoms with Crippen LogP contribution >= 0.6 is 0 Å². The summed E-state index contributed by atoms with van der Waals surface area (Å²) in [7, 11) is 0. The van der Waals surface area contributed by atoms with Crippen molar-refractivity contribution in [3.05, 3.63) is 188 Å². The van der Waals surface area contributed by atoms with Crippen molar-refractivity contribution in [2.24, 2.45) is 0 Å². The van der Waals surface area contributed by atoms with Gasteiger partial charge in [0.05, 0.1) is 22.1 Å². The highest BCUT2D eigenvalue weighted by Crippen LogP contribution is 2.43. The van der Waals surface area contributed by atoms with E-state index in [1.165, 1.54) is 16.3 Å². The van der Waals surface area contributed by atoms with Crippen LogP contribution in [0.25, 0.3) is 111 Å². The van der Waals surface area contributed by atoms with Crippen molar-refractivity contribution in [3.8, 4) is 45.5 Å². The average Bonchev–Trinajstić information content (AvgIpc) is 3.94. The molecular formula is C51H31N5O. The SMILES string of the molecule is c1ccc(-c2nc(-c3ccccc3)nc(-c3cccc(-n4c5cc6c7ccccc7n(-c7ccccc7)c6cc5c5ccc6c7ccccc7oc6c54)c3)n2)cc1. The zero-order valence-electron chi connectivity index (χ0n) is 30.5. The highest BCUT2D eigenvalue weighted by Gasteiger charge is 2.23. The van der Waals surface area contributed by atoms with E-state index in [-0.39, 0.29) is 0 Å². The molecule has 0 spiro atoms. The van der Waals surface area contributed by atoms with Crippen molar-refractivity contribution in [1.82, 2.24) is 24.1 Å². The molecule has 0 saturated heterocycles. The number of nitrogens with zero attached hydrogens (tertiary/aromatic N) is 5. The Morgan fingerprint density at radius 3 is 1.58 bits per heavy atom. The Hall–Kier alpha value is -7.83. The second-order valence-corrected chi connectivity index (χ2v) is 14.4. The van der Waals surface area contributed by atoms with E-state index in [0.717, 1.165) is 77.3 Å². The van der Waals surface area contributed by atoms with Crippen molar-refractivity contribution < 1.29 is 4.42 Å². The third-order valence-corrected chi connectivity index (χ3v) is 11.1. The van der Waals surface area contributed by atoms with Crippen LogP contribution in [0, 0.1) is 0 Å². The Bertz CT molecular complexity index is 3450. The van der Waals surface area contributed by atoms with Gasteiger partial charge in [0.2, 0.25) is 0 Å². The third-order valence-electron chi connectivity index (χ3n) is 11.1. The summed E-state index contributed by atoms with van der Waals surface area (Å²) < 4.78 is 11.5. The third kappa shape index (κ3) is 4.87. The van der Waals surface area contributed by atoms with Crippen LogP contribution in [0.5, 0.6) is 0 Å². The van der Waals surface area contributed by atoms with Gasteiger partial charge in [-0.2, -0.15) is 0 Å². The summed E-state index contributed by atoms with van der Waals surface area (Å²) in [6.07, 6.45) is 0. The number of furan rings is 1. The topological polar surface area (TPSA) is 61.7 Å². The molecule has 4 aromatic heterocycles. The van der Waals surface area contributed by atoms with Gasteiger partial charge in [0.15, 0.2) is 23.1 Å². The van der Waals surface area contributed by atoms with Gasteiger partial charge in [-0.25, -0.2) is 15.0 Å². The van der Waals surface area contributed by atoms with Crippen LogP contribution in [0.2, 0.25) is 0 Å². The lowest BCUT2D eigenvalue weighted by Gasteiger charge is -2.12. The summed E-state index contributed by atoms with van der Waals surface area (Å²) in [5.74, 6) is 1.86. The second-order valence-electron chi connectivity index (χ2n) is 14.4. The fourth-order valence-corrected chi connectivity index (χ4v) is 8.58. The molecule has 57 heavy (non-hydrogen) atoms. The van der Waals surface area contributed by atoms with Gasteiger partial charge in [0.1, 0.15) is 5.58 Å². The molecule has 12 aromatic rings. The highest BCUT2D eigenvalue weighted by molar-refractivity contribution is 6.24. The number of rotatable bonds is 5. The molecule has 0 aliphatic carbocycles. The Balaban J connectivity index is 1.17. The Kier molecular flexibility index (Phi) is 6.83. The van der Waals surface area contributed by atoms with Crippen LogP contribution in [0.15, 0.2) is 192 Å². The monoisotopic (exact) mass is 729 g/mol. The zero-order chi connectivity index (χ0) is 37.5. The standard InChI is InChI=1S/C51H31N5O/c1-4-15-32(16-5-1)49-52-50(33-17-6-2-7-18-33)54-51(53-49)34-19-14-22-36(29-34)56-45-30-41-37-23-10-12-25-43(37)55(35-20-8-3-9-21-35)44(41)31-42(45)39-27-28-40-38-24-11-13-26-46(38)57-48(40)47(39)56/h1-31H. The molecule has 0 unspecified atom stereocenters. The summed E-state index contributed by atoms with van der Waals surface area (Å²) in [6, 6.07) is 65.5. The number of aromatic nitrogens is 5. The van der Waals surface area contributed by atoms with Gasteiger partial charge in [-0.05, 0) is 54.6 Å². The van der Waals surface area contributed by atoms with Crippen molar-refractivity contribution in [2.45, 2.75) is 0 Å². The Morgan fingerprint density at radius 1 is 0.333 bits per heavy atom. The maximum atomic E-state index is 6.79. The predicted molar refractivity (Wildman–Crippen MR) is 232 cm³/mol. The van der Waals surface area contributed by atoms with Gasteiger partial charge < -0.3 is 13.6 Å². The van der Waals surface area contributed by atoms with E-state index in [1.807, 2.05) is 72.8 Å². The number of fused-ring (bicyclic) bond motifs is 10. The van der Waals surface area contributed by atoms with Crippen molar-refractivity contribution in [2.75, 3.05) is 0 Å². The van der Waals surface area contributed by atoms with Crippen LogP contribution in [0.4, 0.5) is 0 Å². The van der Waals surface area contributed by atoms with Crippen LogP contribution < -0.4 is 0 Å². The van der Waals surface area contributed by atoms with E-state index >= 15 is 0 Å². The first-order valence-corrected chi connectivity index (χ1v) is 19.1. The molecule has 12 rings (SSSR count). The van der Waals surface area contributed by atoms with E-state index in [4.69, 9.17) is 19.4 Å². The molecule has 0 saturated carbocycles. The van der Waals surface area contributed by atoms with Crippen LogP contribution in [-0.4, -0.2) is 24.1 Å². The Labute approximate surface area is 326 Å². The molecule has 0 aliphatic rings. The first kappa shape index (κ1) is 31.5. The lowest BCUT2D eigenvalue weighted by molar-refractivity contribution is 0.671. The summed E-state index contributed by atoms with van der Waals surface area (Å²) in [5.41, 5.74) is 11.0. The maximum absolute atomic E-state index is 6.79. The zero-order valence-corrected chi connectivity index (χ0v) is 30.5. The normalized spacial score (nSPS) is 11.9. The Morgan fingerprint density at radius 2 is 0.860 bits per heavy atom. The average molecular weight is 730 g/mol. The molecule has 0 N–H and O–H groups in total. The first-order chi connectivity index (χ1) is 28.3. The largest absolute Gasteiger partial charge is 0.454 e. The molecule has 0 atom stereocenters. The summed E-state index contributed by atoms with van der Waals surface area (Å²) >= 11 is 0. The van der Waals surface area contributed by atoms with E-state index in [1.54, 1.807) is 0 Å². The minimum Gasteiger partial charge on any atom is -0.454 e. The van der Waals surface area contributed by atoms with Crippen LogP contribution in [0.3, 0.4) is 0 Å². The molecule has 6 heteroatoms. The van der Waals surface area contributed by atoms with E-state index < -0.39 is 0 Å². The smallest absolute Gasteiger partial charge is 0.164 e. The first-order valence-electron chi connectivity index (χ1n) is 19.1. The fourth-order valence-electron chi connectivity index (χ4n) is 8.58. The number of benzene rings is 8. The van der Waals surface area contributed by atoms with Crippen LogP contribution in [-0.2, 0) is 0 Å². The van der Waals surface area contributed by atoms with Gasteiger partial charge >= 0.3 is 0 Å². The molecule has 0 radical (unpaired) electrons. The fraction of sp³-hybridized carbons (Fsp3) is 0.